The van der Waals surface area contributed by atoms with Gasteiger partial charge in [-0.15, -0.1) is 0 Å². The van der Waals surface area contributed by atoms with Crippen LogP contribution in [0.25, 0.3) is 16.9 Å². The molecule has 0 spiro atoms. The van der Waals surface area contributed by atoms with E-state index in [2.05, 4.69) is 32.8 Å². The standard InChI is InChI=1S/C19H11Cl2F3N4OS.C19H9Cl2F3N4O/c20-14-4-13(5-15(21)6-14)18(30,19(22,23)24)7-17(29)11-1-2-16(12(3-11)8-25)28-10-26-9-27-28;20-14-4-12(5-15(21)6-14)16(19(22,23)24)7-18(29)11-1-2-17(13(3-11)8-25)28-10-26-9-27-28/h1-6,9-10,30H,7H2;1-7,9-10H/b;16-7+. The fourth-order valence-corrected chi connectivity index (χ4v) is 6.71. The highest BCUT2D eigenvalue weighted by atomic mass is 35.5. The minimum Gasteiger partial charge on any atom is -0.294 e. The largest absolute Gasteiger partial charge is 0.417 e. The summed E-state index contributed by atoms with van der Waals surface area (Å²) in [5.74, 6) is -1.80. The minimum absolute atomic E-state index is 0.000879. The maximum atomic E-state index is 13.9. The molecule has 0 aliphatic carbocycles. The summed E-state index contributed by atoms with van der Waals surface area (Å²) in [5.41, 5.74) is -1.31. The van der Waals surface area contributed by atoms with Gasteiger partial charge in [-0.3, -0.25) is 9.59 Å². The first-order valence-electron chi connectivity index (χ1n) is 16.1. The van der Waals surface area contributed by atoms with Crippen LogP contribution in [0.2, 0.25) is 20.1 Å². The van der Waals surface area contributed by atoms with Crippen LogP contribution in [0.4, 0.5) is 26.3 Å². The summed E-state index contributed by atoms with van der Waals surface area (Å²) in [4.78, 5) is 32.8. The highest BCUT2D eigenvalue weighted by Gasteiger charge is 2.54. The molecule has 300 valence electrons. The van der Waals surface area contributed by atoms with Crippen molar-refractivity contribution < 1.29 is 35.9 Å². The molecule has 0 saturated carbocycles. The molecule has 21 heteroatoms. The van der Waals surface area contributed by atoms with E-state index >= 15 is 0 Å². The second kappa shape index (κ2) is 18.1. The van der Waals surface area contributed by atoms with Gasteiger partial charge >= 0.3 is 12.4 Å². The Morgan fingerprint density at radius 3 is 1.56 bits per heavy atom. The number of ketones is 2. The first kappa shape index (κ1) is 44.4. The molecule has 10 nitrogen and oxygen atoms in total. The number of hydrogen-bond acceptors (Lipinski definition) is 9. The number of nitriles is 2. The Morgan fingerprint density at radius 2 is 1.14 bits per heavy atom. The van der Waals surface area contributed by atoms with Crippen molar-refractivity contribution in [2.75, 3.05) is 0 Å². The van der Waals surface area contributed by atoms with Crippen molar-refractivity contribution in [1.29, 1.82) is 10.5 Å². The van der Waals surface area contributed by atoms with Crippen LogP contribution in [0.5, 0.6) is 0 Å². The summed E-state index contributed by atoms with van der Waals surface area (Å²) in [7, 11) is 0. The zero-order valence-electron chi connectivity index (χ0n) is 29.1. The van der Waals surface area contributed by atoms with Gasteiger partial charge in [-0.1, -0.05) is 46.4 Å². The van der Waals surface area contributed by atoms with E-state index in [9.17, 15) is 46.5 Å². The molecule has 1 unspecified atom stereocenters. The molecule has 4 aromatic carbocycles. The van der Waals surface area contributed by atoms with Crippen LogP contribution in [-0.4, -0.2) is 53.4 Å². The van der Waals surface area contributed by atoms with E-state index in [1.807, 2.05) is 12.1 Å². The normalized spacial score (nSPS) is 12.7. The van der Waals surface area contributed by atoms with Crippen LogP contribution in [0.15, 0.2) is 104 Å². The van der Waals surface area contributed by atoms with Crippen molar-refractivity contribution >= 4 is 76.2 Å². The molecule has 0 bridgehead atoms. The summed E-state index contributed by atoms with van der Waals surface area (Å²) in [6, 6.07) is 18.4. The second-order valence-electron chi connectivity index (χ2n) is 12.1. The highest BCUT2D eigenvalue weighted by Crippen LogP contribution is 2.49. The van der Waals surface area contributed by atoms with Crippen LogP contribution in [0.1, 0.15) is 49.4 Å². The van der Waals surface area contributed by atoms with E-state index < -0.39 is 40.7 Å². The van der Waals surface area contributed by atoms with Gasteiger partial charge in [-0.05, 0) is 90.0 Å². The third kappa shape index (κ3) is 10.5. The summed E-state index contributed by atoms with van der Waals surface area (Å²) < 4.78 is 82.3. The number of hydrogen-bond donors (Lipinski definition) is 1. The molecule has 0 aliphatic rings. The van der Waals surface area contributed by atoms with Crippen molar-refractivity contribution in [2.45, 2.75) is 23.5 Å². The number of benzene rings is 4. The molecular weight excluding hydrogens is 888 g/mol. The number of aromatic nitrogens is 6. The van der Waals surface area contributed by atoms with Crippen LogP contribution in [0, 0.1) is 22.7 Å². The fourth-order valence-electron chi connectivity index (χ4n) is 5.39. The lowest BCUT2D eigenvalue weighted by Gasteiger charge is -2.31. The van der Waals surface area contributed by atoms with Crippen LogP contribution < -0.4 is 0 Å². The van der Waals surface area contributed by atoms with E-state index in [0.717, 1.165) is 24.3 Å². The highest BCUT2D eigenvalue weighted by molar-refractivity contribution is 7.81. The minimum atomic E-state index is -4.89. The smallest absolute Gasteiger partial charge is 0.294 e. The Balaban J connectivity index is 0.000000224. The first-order chi connectivity index (χ1) is 27.7. The molecule has 59 heavy (non-hydrogen) atoms. The van der Waals surface area contributed by atoms with Gasteiger partial charge < -0.3 is 0 Å². The summed E-state index contributed by atoms with van der Waals surface area (Å²) in [6.45, 7) is 0. The number of halogens is 10. The van der Waals surface area contributed by atoms with Crippen LogP contribution in [0.3, 0.4) is 0 Å². The Hall–Kier alpha value is -5.69. The van der Waals surface area contributed by atoms with Crippen molar-refractivity contribution in [3.63, 3.8) is 0 Å². The van der Waals surface area contributed by atoms with Gasteiger partial charge in [0.15, 0.2) is 11.6 Å². The van der Waals surface area contributed by atoms with E-state index in [1.165, 1.54) is 83.2 Å². The van der Waals surface area contributed by atoms with Gasteiger partial charge in [0.05, 0.1) is 28.1 Å². The number of carbonyl (C=O) groups excluding carboxylic acids is 2. The van der Waals surface area contributed by atoms with E-state index in [0.29, 0.717) is 17.5 Å². The van der Waals surface area contributed by atoms with Crippen molar-refractivity contribution in [2.24, 2.45) is 0 Å². The molecule has 0 radical (unpaired) electrons. The summed E-state index contributed by atoms with van der Waals surface area (Å²) >= 11 is 27.1. The maximum absolute atomic E-state index is 13.9. The van der Waals surface area contributed by atoms with Gasteiger partial charge in [0.25, 0.3) is 0 Å². The Kier molecular flexibility index (Phi) is 13.6. The molecule has 2 aromatic heterocycles. The number of alkyl halides is 6. The number of rotatable bonds is 9. The number of carbonyl (C=O) groups is 2. The molecule has 1 atom stereocenters. The fraction of sp³-hybridized carbons (Fsp3) is 0.105. The van der Waals surface area contributed by atoms with Crippen LogP contribution in [-0.2, 0) is 4.75 Å². The molecule has 0 saturated heterocycles. The van der Waals surface area contributed by atoms with E-state index in [1.54, 1.807) is 0 Å². The van der Waals surface area contributed by atoms with Gasteiger partial charge in [0, 0.05) is 37.6 Å². The zero-order chi connectivity index (χ0) is 43.3. The Bertz CT molecular complexity index is 2620. The molecular formula is C38H20Cl4F6N8O2S. The molecule has 0 aliphatic heterocycles. The molecule has 0 N–H and O–H groups in total. The number of thiol groups is 1. The quantitative estimate of drug-likeness (QED) is 0.0654. The zero-order valence-corrected chi connectivity index (χ0v) is 33.1. The first-order valence-corrected chi connectivity index (χ1v) is 18.1. The van der Waals surface area contributed by atoms with Gasteiger partial charge in [0.2, 0.25) is 0 Å². The Morgan fingerprint density at radius 1 is 0.678 bits per heavy atom. The van der Waals surface area contributed by atoms with E-state index in [4.69, 9.17) is 46.4 Å². The molecule has 0 fully saturated rings. The Labute approximate surface area is 355 Å². The predicted octanol–water partition coefficient (Wildman–Crippen LogP) is 10.7. The maximum Gasteiger partial charge on any atom is 0.417 e. The summed E-state index contributed by atoms with van der Waals surface area (Å²) in [5, 5.41) is 26.5. The second-order valence-corrected chi connectivity index (χ2v) is 14.6. The lowest BCUT2D eigenvalue weighted by Crippen LogP contribution is -2.39. The topological polar surface area (TPSA) is 143 Å². The molecule has 0 amide bonds. The number of nitrogens with zero attached hydrogens (tertiary/aromatic N) is 8. The third-order valence-electron chi connectivity index (χ3n) is 8.15. The van der Waals surface area contributed by atoms with Crippen molar-refractivity contribution in [3.8, 4) is 23.5 Å². The lowest BCUT2D eigenvalue weighted by atomic mass is 9.89. The SMILES string of the molecule is N#Cc1cc(C(=O)/C=C(\c2cc(Cl)cc(Cl)c2)C(F)(F)F)ccc1-n1cncn1.N#Cc1cc(C(=O)CC(S)(c2cc(Cl)cc(Cl)c2)C(F)(F)F)ccc1-n1cncn1. The van der Waals surface area contributed by atoms with Crippen molar-refractivity contribution in [3.05, 3.63) is 158 Å². The molecule has 6 rings (SSSR count). The predicted molar refractivity (Wildman–Crippen MR) is 209 cm³/mol. The monoisotopic (exact) mass is 906 g/mol. The van der Waals surface area contributed by atoms with Gasteiger partial charge in [-0.25, -0.2) is 19.3 Å². The molecule has 6 aromatic rings. The third-order valence-corrected chi connectivity index (χ3v) is 9.69. The molecule has 2 heterocycles. The van der Waals surface area contributed by atoms with E-state index in [-0.39, 0.29) is 53.5 Å². The van der Waals surface area contributed by atoms with Crippen LogP contribution >= 0.6 is 59.0 Å². The lowest BCUT2D eigenvalue weighted by molar-refractivity contribution is -0.160. The summed E-state index contributed by atoms with van der Waals surface area (Å²) in [6.07, 6.45) is -5.08. The van der Waals surface area contributed by atoms with Crippen molar-refractivity contribution in [1.82, 2.24) is 29.5 Å². The van der Waals surface area contributed by atoms with Gasteiger partial charge in [-0.2, -0.15) is 59.7 Å². The average Bonchev–Trinajstić information content (AvgIpc) is 3.91. The number of allylic oxidation sites excluding steroid dienone is 2. The average molecular weight is 908 g/mol. The number of Topliss-reactive ketones (excluding diaryl/α,β-unsaturated/α-hetero) is 1. The van der Waals surface area contributed by atoms with Gasteiger partial charge in [0.1, 0.15) is 42.2 Å².